The van der Waals surface area contributed by atoms with E-state index in [0.29, 0.717) is 51.5 Å². The summed E-state index contributed by atoms with van der Waals surface area (Å²) in [6, 6.07) is 9.87. The van der Waals surface area contributed by atoms with E-state index in [-0.39, 0.29) is 50.1 Å². The molecule has 2 fully saturated rings. The summed E-state index contributed by atoms with van der Waals surface area (Å²) in [5, 5.41) is 24.1. The van der Waals surface area contributed by atoms with Crippen molar-refractivity contribution in [1.29, 1.82) is 5.26 Å². The number of hydrogen-bond acceptors (Lipinski definition) is 9. The van der Waals surface area contributed by atoms with Gasteiger partial charge in [-0.3, -0.25) is 19.5 Å². The van der Waals surface area contributed by atoms with Gasteiger partial charge in [0.25, 0.3) is 11.5 Å². The molecular formula is C32H29F3N6O4S. The molecule has 0 unspecified atom stereocenters. The van der Waals surface area contributed by atoms with Gasteiger partial charge in [-0.05, 0) is 57.0 Å². The van der Waals surface area contributed by atoms with Crippen LogP contribution in [0.15, 0.2) is 47.5 Å². The van der Waals surface area contributed by atoms with E-state index in [4.69, 9.17) is 4.74 Å². The molecule has 1 amide bonds. The number of halogens is 3. The number of aliphatic hydroxyl groups is 1. The molecule has 4 aromatic rings. The number of likely N-dealkylation sites (N-methyl/N-ethyl adjacent to an activating group) is 1. The molecule has 1 aliphatic carbocycles. The number of amides is 1. The zero-order valence-electron chi connectivity index (χ0n) is 25.0. The Bertz CT molecular complexity index is 2000. The third-order valence-corrected chi connectivity index (χ3v) is 10.8. The number of ether oxygens (including phenoxy) is 1. The Morgan fingerprint density at radius 1 is 1.20 bits per heavy atom. The molecule has 1 saturated carbocycles. The highest BCUT2D eigenvalue weighted by molar-refractivity contribution is 7.19. The Hall–Kier alpha value is -4.32. The predicted molar refractivity (Wildman–Crippen MR) is 164 cm³/mol. The maximum absolute atomic E-state index is 13.6. The maximum atomic E-state index is 13.6. The van der Waals surface area contributed by atoms with Crippen LogP contribution in [0.5, 0.6) is 5.75 Å². The number of nitriles is 1. The van der Waals surface area contributed by atoms with Crippen molar-refractivity contribution in [2.75, 3.05) is 31.7 Å². The summed E-state index contributed by atoms with van der Waals surface area (Å²) in [6.07, 6.45) is -1.28. The second-order valence-electron chi connectivity index (χ2n) is 12.5. The van der Waals surface area contributed by atoms with Gasteiger partial charge >= 0.3 is 6.18 Å². The Morgan fingerprint density at radius 3 is 2.63 bits per heavy atom. The van der Waals surface area contributed by atoms with Crippen LogP contribution in [0.4, 0.5) is 18.9 Å². The summed E-state index contributed by atoms with van der Waals surface area (Å²) in [7, 11) is 1.91. The second-order valence-corrected chi connectivity index (χ2v) is 13.7. The van der Waals surface area contributed by atoms with Gasteiger partial charge in [0.2, 0.25) is 0 Å². The molecule has 3 aliphatic rings. The van der Waals surface area contributed by atoms with Crippen LogP contribution in [0, 0.1) is 11.3 Å². The Balaban J connectivity index is 1.29. The molecule has 1 saturated heterocycles. The molecule has 7 rings (SSSR count). The fourth-order valence-electron chi connectivity index (χ4n) is 6.68. The number of fused-ring (bicyclic) bond motifs is 2. The van der Waals surface area contributed by atoms with E-state index in [1.165, 1.54) is 11.3 Å². The zero-order chi connectivity index (χ0) is 32.6. The van der Waals surface area contributed by atoms with Gasteiger partial charge in [0.05, 0.1) is 58.3 Å². The first-order valence-corrected chi connectivity index (χ1v) is 15.6. The first-order valence-electron chi connectivity index (χ1n) is 14.7. The highest BCUT2D eigenvalue weighted by Crippen LogP contribution is 2.58. The lowest BCUT2D eigenvalue weighted by atomic mass is 9.95. The summed E-state index contributed by atoms with van der Waals surface area (Å²) < 4.78 is 48.6. The van der Waals surface area contributed by atoms with Crippen molar-refractivity contribution in [2.24, 2.45) is 0 Å². The standard InChI is InChI=1S/C32H29F3N6O4S/c1-30(17-42)11-20(14-39(30)2)41-27(44)16-45-25-8-18(12-36)7-23(28(25)41)22-3-6-37-24-10-21(46-29(22)24)15-40-26(43)9-19(13-38-40)31(4-5-31)32(33,34)35/h3,6-10,13,20,42H,4-5,11,14-17H2,1-2H3/t20-,30+/m0/s1. The van der Waals surface area contributed by atoms with Gasteiger partial charge in [0.1, 0.15) is 5.75 Å². The third-order valence-electron chi connectivity index (χ3n) is 9.63. The number of aromatic nitrogens is 3. The number of hydrogen-bond donors (Lipinski definition) is 1. The number of alkyl halides is 3. The summed E-state index contributed by atoms with van der Waals surface area (Å²) in [4.78, 5) is 35.3. The van der Waals surface area contributed by atoms with Crippen molar-refractivity contribution in [2.45, 2.75) is 55.9 Å². The fraction of sp³-hybridized carbons (Fsp3) is 0.406. The van der Waals surface area contributed by atoms with E-state index in [0.717, 1.165) is 21.6 Å². The molecule has 238 valence electrons. The Morgan fingerprint density at radius 2 is 1.98 bits per heavy atom. The Labute approximate surface area is 265 Å². The number of carbonyl (C=O) groups excluding carboxylic acids is 1. The van der Waals surface area contributed by atoms with E-state index in [9.17, 15) is 33.1 Å². The van der Waals surface area contributed by atoms with Crippen molar-refractivity contribution >= 4 is 33.1 Å². The van der Waals surface area contributed by atoms with Crippen molar-refractivity contribution in [1.82, 2.24) is 19.7 Å². The third kappa shape index (κ3) is 4.76. The molecule has 0 spiro atoms. The van der Waals surface area contributed by atoms with Crippen molar-refractivity contribution in [3.8, 4) is 22.9 Å². The van der Waals surface area contributed by atoms with Crippen LogP contribution in [-0.4, -0.2) is 75.2 Å². The van der Waals surface area contributed by atoms with Crippen LogP contribution in [-0.2, 0) is 16.8 Å². The zero-order valence-corrected chi connectivity index (χ0v) is 25.8. The van der Waals surface area contributed by atoms with E-state index in [1.807, 2.05) is 18.9 Å². The number of carbonyl (C=O) groups is 1. The van der Waals surface area contributed by atoms with Crippen molar-refractivity contribution < 1.29 is 27.8 Å². The minimum Gasteiger partial charge on any atom is -0.481 e. The molecule has 0 bridgehead atoms. The largest absolute Gasteiger partial charge is 0.481 e. The maximum Gasteiger partial charge on any atom is 0.398 e. The molecular weight excluding hydrogens is 621 g/mol. The van der Waals surface area contributed by atoms with E-state index in [1.54, 1.807) is 35.4 Å². The molecule has 1 N–H and O–H groups in total. The summed E-state index contributed by atoms with van der Waals surface area (Å²) in [5.74, 6) is 0.169. The SMILES string of the molecule is CN1C[C@@H](N2C(=O)COc3cc(C#N)cc(-c4ccnc5cc(Cn6ncc(C7(C(F)(F)F)CC7)cc6=O)sc45)c32)C[C@]1(C)CO. The lowest BCUT2D eigenvalue weighted by Crippen LogP contribution is -2.47. The van der Waals surface area contributed by atoms with E-state index < -0.39 is 22.7 Å². The molecule has 46 heavy (non-hydrogen) atoms. The number of pyridine rings is 1. The van der Waals surface area contributed by atoms with E-state index >= 15 is 0 Å². The highest BCUT2D eigenvalue weighted by Gasteiger charge is 2.64. The van der Waals surface area contributed by atoms with Crippen LogP contribution in [0.25, 0.3) is 21.3 Å². The number of rotatable bonds is 6. The Kier molecular flexibility index (Phi) is 7.00. The molecule has 14 heteroatoms. The topological polar surface area (TPSA) is 125 Å². The number of aliphatic hydroxyl groups excluding tert-OH is 1. The molecule has 10 nitrogen and oxygen atoms in total. The first kappa shape index (κ1) is 30.3. The van der Waals surface area contributed by atoms with E-state index in [2.05, 4.69) is 16.2 Å². The second kappa shape index (κ2) is 10.6. The molecule has 5 heterocycles. The van der Waals surface area contributed by atoms with Gasteiger partial charge in [0, 0.05) is 46.4 Å². The number of anilines is 1. The summed E-state index contributed by atoms with van der Waals surface area (Å²) >= 11 is 1.34. The quantitative estimate of drug-likeness (QED) is 0.329. The van der Waals surface area contributed by atoms with Gasteiger partial charge in [-0.15, -0.1) is 11.3 Å². The summed E-state index contributed by atoms with van der Waals surface area (Å²) in [5.41, 5.74) is -0.461. The van der Waals surface area contributed by atoms with Crippen LogP contribution < -0.4 is 15.2 Å². The molecule has 0 radical (unpaired) electrons. The summed E-state index contributed by atoms with van der Waals surface area (Å²) in [6.45, 7) is 2.25. The van der Waals surface area contributed by atoms with Gasteiger partial charge in [0.15, 0.2) is 6.61 Å². The predicted octanol–water partition coefficient (Wildman–Crippen LogP) is 4.21. The molecule has 2 aliphatic heterocycles. The monoisotopic (exact) mass is 650 g/mol. The van der Waals surface area contributed by atoms with Gasteiger partial charge in [-0.1, -0.05) is 0 Å². The number of benzene rings is 1. The van der Waals surface area contributed by atoms with Crippen LogP contribution >= 0.6 is 11.3 Å². The van der Waals surface area contributed by atoms with Crippen LogP contribution in [0.3, 0.4) is 0 Å². The van der Waals surface area contributed by atoms with Crippen LogP contribution in [0.1, 0.15) is 42.2 Å². The first-order chi connectivity index (χ1) is 21.9. The van der Waals surface area contributed by atoms with Crippen molar-refractivity contribution in [3.05, 3.63) is 69.1 Å². The average molecular weight is 651 g/mol. The van der Waals surface area contributed by atoms with Crippen LogP contribution in [0.2, 0.25) is 0 Å². The molecule has 3 aromatic heterocycles. The van der Waals surface area contributed by atoms with Gasteiger partial charge in [-0.25, -0.2) is 4.68 Å². The molecule has 1 aromatic carbocycles. The molecule has 2 atom stereocenters. The normalized spacial score (nSPS) is 22.5. The fourth-order valence-corrected chi connectivity index (χ4v) is 7.80. The smallest absolute Gasteiger partial charge is 0.398 e. The number of nitrogens with zero attached hydrogens (tertiary/aromatic N) is 6. The lowest BCUT2D eigenvalue weighted by Gasteiger charge is -2.36. The highest BCUT2D eigenvalue weighted by atomic mass is 32.1. The average Bonchev–Trinajstić information content (AvgIpc) is 3.67. The lowest BCUT2D eigenvalue weighted by molar-refractivity contribution is -0.160. The number of thiophene rings is 1. The van der Waals surface area contributed by atoms with Crippen molar-refractivity contribution in [3.63, 3.8) is 0 Å². The van der Waals surface area contributed by atoms with Gasteiger partial charge < -0.3 is 14.7 Å². The minimum atomic E-state index is -4.44. The van der Waals surface area contributed by atoms with Gasteiger partial charge in [-0.2, -0.15) is 23.5 Å². The number of likely N-dealkylation sites (tertiary alicyclic amines) is 1. The minimum absolute atomic E-state index is 0.0246.